The van der Waals surface area contributed by atoms with Gasteiger partial charge in [-0.25, -0.2) is 4.79 Å². The zero-order valence-corrected chi connectivity index (χ0v) is 12.8. The molecule has 1 heterocycles. The summed E-state index contributed by atoms with van der Waals surface area (Å²) >= 11 is 0. The zero-order chi connectivity index (χ0) is 15.4. The zero-order valence-electron chi connectivity index (χ0n) is 11.9. The van der Waals surface area contributed by atoms with Gasteiger partial charge in [0.2, 0.25) is 0 Å². The number of pyridine rings is 1. The van der Waals surface area contributed by atoms with Gasteiger partial charge < -0.3 is 5.11 Å². The number of aromatic carboxylic acids is 1. The van der Waals surface area contributed by atoms with Crippen molar-refractivity contribution in [3.63, 3.8) is 0 Å². The predicted molar refractivity (Wildman–Crippen MR) is 81.8 cm³/mol. The second-order valence-electron chi connectivity index (χ2n) is 5.06. The molecule has 110 valence electrons. The van der Waals surface area contributed by atoms with Crippen molar-refractivity contribution in [2.75, 3.05) is 0 Å². The normalized spacial score (nSPS) is 12.3. The fourth-order valence-electron chi connectivity index (χ4n) is 1.86. The molecule has 5 heteroatoms. The van der Waals surface area contributed by atoms with Gasteiger partial charge in [-0.3, -0.25) is 9.19 Å². The SMILES string of the molecule is CC(C)c1ccc(S(=O)Cc2ccc(C(=O)O)cn2)cc1. The molecule has 0 radical (unpaired) electrons. The number of hydrogen-bond acceptors (Lipinski definition) is 3. The van der Waals surface area contributed by atoms with Crippen LogP contribution in [0.2, 0.25) is 0 Å². The van der Waals surface area contributed by atoms with Crippen LogP contribution < -0.4 is 0 Å². The van der Waals surface area contributed by atoms with Crippen LogP contribution in [0, 0.1) is 0 Å². The van der Waals surface area contributed by atoms with Gasteiger partial charge in [0.25, 0.3) is 0 Å². The van der Waals surface area contributed by atoms with E-state index < -0.39 is 16.8 Å². The first kappa shape index (κ1) is 15.4. The molecule has 4 nitrogen and oxygen atoms in total. The van der Waals surface area contributed by atoms with E-state index in [1.165, 1.54) is 17.8 Å². The summed E-state index contributed by atoms with van der Waals surface area (Å²) < 4.78 is 12.3. The van der Waals surface area contributed by atoms with Crippen LogP contribution in [-0.2, 0) is 16.6 Å². The smallest absolute Gasteiger partial charge is 0.337 e. The molecule has 1 N–H and O–H groups in total. The number of aromatic nitrogens is 1. The van der Waals surface area contributed by atoms with Crippen LogP contribution in [0.1, 0.15) is 41.4 Å². The maximum Gasteiger partial charge on any atom is 0.337 e. The van der Waals surface area contributed by atoms with Crippen molar-refractivity contribution in [2.45, 2.75) is 30.4 Å². The second kappa shape index (κ2) is 6.63. The van der Waals surface area contributed by atoms with Crippen molar-refractivity contribution in [3.8, 4) is 0 Å². The molecule has 2 aromatic rings. The van der Waals surface area contributed by atoms with Crippen LogP contribution in [0.25, 0.3) is 0 Å². The topological polar surface area (TPSA) is 67.3 Å². The number of carboxylic acid groups (broad SMARTS) is 1. The van der Waals surface area contributed by atoms with Crippen LogP contribution in [0.4, 0.5) is 0 Å². The Morgan fingerprint density at radius 1 is 1.19 bits per heavy atom. The van der Waals surface area contributed by atoms with Crippen LogP contribution in [0.15, 0.2) is 47.5 Å². The van der Waals surface area contributed by atoms with Crippen LogP contribution in [-0.4, -0.2) is 20.3 Å². The largest absolute Gasteiger partial charge is 0.478 e. The van der Waals surface area contributed by atoms with Crippen LogP contribution in [0.3, 0.4) is 0 Å². The number of hydrogen-bond donors (Lipinski definition) is 1. The Morgan fingerprint density at radius 2 is 1.86 bits per heavy atom. The molecular weight excluding hydrogens is 286 g/mol. The van der Waals surface area contributed by atoms with Crippen LogP contribution >= 0.6 is 0 Å². The Labute approximate surface area is 126 Å². The minimum Gasteiger partial charge on any atom is -0.478 e. The Kier molecular flexibility index (Phi) is 4.85. The molecular formula is C16H17NO3S. The highest BCUT2D eigenvalue weighted by atomic mass is 32.2. The van der Waals surface area contributed by atoms with Gasteiger partial charge in [-0.15, -0.1) is 0 Å². The molecule has 0 amide bonds. The molecule has 0 saturated carbocycles. The van der Waals surface area contributed by atoms with E-state index in [2.05, 4.69) is 18.8 Å². The van der Waals surface area contributed by atoms with E-state index in [0.29, 0.717) is 11.6 Å². The molecule has 0 aliphatic carbocycles. The number of nitrogens with zero attached hydrogens (tertiary/aromatic N) is 1. The van der Waals surface area contributed by atoms with Crippen molar-refractivity contribution >= 4 is 16.8 Å². The fraction of sp³-hybridized carbons (Fsp3) is 0.250. The summed E-state index contributed by atoms with van der Waals surface area (Å²) in [6, 6.07) is 10.8. The first-order chi connectivity index (χ1) is 9.97. The molecule has 0 fully saturated rings. The molecule has 1 aromatic carbocycles. The average molecular weight is 303 g/mol. The highest BCUT2D eigenvalue weighted by Crippen LogP contribution is 2.18. The van der Waals surface area contributed by atoms with Gasteiger partial charge in [0.15, 0.2) is 0 Å². The summed E-state index contributed by atoms with van der Waals surface area (Å²) in [7, 11) is -1.18. The summed E-state index contributed by atoms with van der Waals surface area (Å²) in [5.41, 5.74) is 1.96. The van der Waals surface area contributed by atoms with E-state index in [9.17, 15) is 9.00 Å². The van der Waals surface area contributed by atoms with Gasteiger partial charge in [0, 0.05) is 11.1 Å². The molecule has 0 bridgehead atoms. The van der Waals surface area contributed by atoms with E-state index in [1.54, 1.807) is 6.07 Å². The Hall–Kier alpha value is -2.01. The minimum absolute atomic E-state index is 0.130. The van der Waals surface area contributed by atoms with Crippen molar-refractivity contribution in [3.05, 3.63) is 59.4 Å². The van der Waals surface area contributed by atoms with Gasteiger partial charge in [-0.1, -0.05) is 26.0 Å². The van der Waals surface area contributed by atoms with Crippen molar-refractivity contribution in [2.24, 2.45) is 0 Å². The van der Waals surface area contributed by atoms with E-state index in [0.717, 1.165) is 4.90 Å². The van der Waals surface area contributed by atoms with Gasteiger partial charge >= 0.3 is 5.97 Å². The lowest BCUT2D eigenvalue weighted by atomic mass is 10.0. The molecule has 0 aliphatic heterocycles. The van der Waals surface area contributed by atoms with Crippen molar-refractivity contribution in [1.29, 1.82) is 0 Å². The molecule has 2 rings (SSSR count). The van der Waals surface area contributed by atoms with Gasteiger partial charge in [-0.05, 0) is 35.7 Å². The Bertz CT molecular complexity index is 648. The second-order valence-corrected chi connectivity index (χ2v) is 6.51. The van der Waals surface area contributed by atoms with Crippen molar-refractivity contribution < 1.29 is 14.1 Å². The molecule has 0 spiro atoms. The first-order valence-electron chi connectivity index (χ1n) is 6.64. The van der Waals surface area contributed by atoms with E-state index >= 15 is 0 Å². The summed E-state index contributed by atoms with van der Waals surface area (Å²) in [6.07, 6.45) is 1.29. The van der Waals surface area contributed by atoms with Gasteiger partial charge in [-0.2, -0.15) is 0 Å². The predicted octanol–water partition coefficient (Wildman–Crippen LogP) is 3.21. The third kappa shape index (κ3) is 3.98. The van der Waals surface area contributed by atoms with Gasteiger partial charge in [0.05, 0.1) is 27.8 Å². The number of rotatable bonds is 5. The highest BCUT2D eigenvalue weighted by Gasteiger charge is 2.09. The standard InChI is InChI=1S/C16H17NO3S/c1-11(2)12-4-7-15(8-5-12)21(20)10-14-6-3-13(9-17-14)16(18)19/h3-9,11H,10H2,1-2H3,(H,18,19). The van der Waals surface area contributed by atoms with E-state index in [-0.39, 0.29) is 11.3 Å². The molecule has 1 atom stereocenters. The first-order valence-corrected chi connectivity index (χ1v) is 7.96. The fourth-order valence-corrected chi connectivity index (χ4v) is 2.90. The third-order valence-corrected chi connectivity index (χ3v) is 4.52. The minimum atomic E-state index is -1.18. The lowest BCUT2D eigenvalue weighted by molar-refractivity contribution is 0.0696. The van der Waals surface area contributed by atoms with Crippen LogP contribution in [0.5, 0.6) is 0 Å². The van der Waals surface area contributed by atoms with E-state index in [4.69, 9.17) is 5.11 Å². The van der Waals surface area contributed by atoms with Crippen molar-refractivity contribution in [1.82, 2.24) is 4.98 Å². The van der Waals surface area contributed by atoms with Gasteiger partial charge in [0.1, 0.15) is 0 Å². The third-order valence-electron chi connectivity index (χ3n) is 3.16. The summed E-state index contributed by atoms with van der Waals surface area (Å²) in [4.78, 5) is 15.5. The number of benzene rings is 1. The molecule has 0 saturated heterocycles. The number of carboxylic acids is 1. The highest BCUT2D eigenvalue weighted by molar-refractivity contribution is 7.84. The monoisotopic (exact) mass is 303 g/mol. The molecule has 1 unspecified atom stereocenters. The van der Waals surface area contributed by atoms with E-state index in [1.807, 2.05) is 24.3 Å². The lowest BCUT2D eigenvalue weighted by Gasteiger charge is -2.07. The Balaban J connectivity index is 2.08. The summed E-state index contributed by atoms with van der Waals surface area (Å²) in [5, 5.41) is 8.81. The molecule has 0 aliphatic rings. The maximum absolute atomic E-state index is 12.3. The molecule has 1 aromatic heterocycles. The quantitative estimate of drug-likeness (QED) is 0.921. The maximum atomic E-state index is 12.3. The number of carbonyl (C=O) groups is 1. The average Bonchev–Trinajstić information content (AvgIpc) is 2.47. The summed E-state index contributed by atoms with van der Waals surface area (Å²) in [5.74, 6) is -0.293. The lowest BCUT2D eigenvalue weighted by Crippen LogP contribution is -2.02. The molecule has 21 heavy (non-hydrogen) atoms. The Morgan fingerprint density at radius 3 is 2.33 bits per heavy atom. The summed E-state index contributed by atoms with van der Waals surface area (Å²) in [6.45, 7) is 4.22.